The average molecular weight is 405 g/mol. The minimum absolute atomic E-state index is 0. The van der Waals surface area contributed by atoms with Crippen molar-refractivity contribution in [3.63, 3.8) is 0 Å². The van der Waals surface area contributed by atoms with Crippen molar-refractivity contribution in [1.82, 2.24) is 25.1 Å². The van der Waals surface area contributed by atoms with Crippen molar-refractivity contribution >= 4 is 18.6 Å². The molecule has 0 unspecified atom stereocenters. The van der Waals surface area contributed by atoms with Crippen LogP contribution in [0.2, 0.25) is 6.32 Å². The summed E-state index contributed by atoms with van der Waals surface area (Å²) in [6.45, 7) is -2.61. The summed E-state index contributed by atoms with van der Waals surface area (Å²) < 4.78 is 12.1. The van der Waals surface area contributed by atoms with Gasteiger partial charge < -0.3 is 34.2 Å². The van der Waals surface area contributed by atoms with Gasteiger partial charge in [0, 0.05) is 0 Å². The molecule has 1 saturated heterocycles. The van der Waals surface area contributed by atoms with Gasteiger partial charge in [0.25, 0.3) is 0 Å². The van der Waals surface area contributed by atoms with E-state index in [2.05, 4.69) is 15.5 Å². The van der Waals surface area contributed by atoms with Crippen LogP contribution in [0, 0.1) is 0 Å². The molecule has 1 fully saturated rings. The lowest BCUT2D eigenvalue weighted by Gasteiger charge is -2.41. The number of carbonyl (C=O) groups excluding carboxylic acids is 2. The van der Waals surface area contributed by atoms with Crippen LogP contribution in [0.15, 0.2) is 18.5 Å². The number of carbonyl (C=O) groups is 2. The molecule has 1 amide bonds. The topological polar surface area (TPSA) is 163 Å². The van der Waals surface area contributed by atoms with Gasteiger partial charge in [-0.3, -0.25) is 4.79 Å². The zero-order valence-corrected chi connectivity index (χ0v) is 14.6. The van der Waals surface area contributed by atoms with Gasteiger partial charge in [0.05, 0.1) is 30.4 Å². The second-order valence-electron chi connectivity index (χ2n) is 6.78. The van der Waals surface area contributed by atoms with E-state index in [0.717, 1.165) is 0 Å². The van der Waals surface area contributed by atoms with Gasteiger partial charge in [-0.15, -0.1) is 5.10 Å². The van der Waals surface area contributed by atoms with E-state index in [9.17, 15) is 24.7 Å². The fourth-order valence-corrected chi connectivity index (χ4v) is 3.21. The zero-order valence-electron chi connectivity index (χ0n) is 14.6. The zero-order chi connectivity index (χ0) is 19.9. The molecule has 0 spiro atoms. The predicted octanol–water partition coefficient (Wildman–Crippen LogP) is -2.18. The Labute approximate surface area is 165 Å². The molecule has 2 aliphatic heterocycles. The molecular formula is C16H20BN5O7-2. The van der Waals surface area contributed by atoms with Crippen LogP contribution >= 0.6 is 0 Å². The maximum absolute atomic E-state index is 12.1. The molecule has 156 valence electrons. The number of hydrogen-bond acceptors (Lipinski definition) is 10. The largest absolute Gasteiger partial charge is 0.669 e. The number of benzene rings is 1. The van der Waals surface area contributed by atoms with Gasteiger partial charge in [0.1, 0.15) is 24.7 Å². The number of carboxylic acid groups (broad SMARTS) is 1. The Morgan fingerprint density at radius 3 is 2.76 bits per heavy atom. The highest BCUT2D eigenvalue weighted by molar-refractivity contribution is 6.59. The van der Waals surface area contributed by atoms with Crippen LogP contribution < -0.4 is 14.5 Å². The standard InChI is InChI=1S/C15H17BN5O7.CH4/c22-12(7-21-8-17-18-19-21)20-5-10(6-20)27-11-2-1-9-3-4-16(25,26)28-14(9)13(11)15(23)24;/h1-2,8,10,25-26H,3-7H2,(H,23,24);1H4/q-1;/p-1. The molecule has 1 aromatic carbocycles. The summed E-state index contributed by atoms with van der Waals surface area (Å²) in [5, 5.41) is 41.6. The lowest BCUT2D eigenvalue weighted by Crippen LogP contribution is -2.57. The van der Waals surface area contributed by atoms with Crippen LogP contribution in [0.3, 0.4) is 0 Å². The number of aromatic carboxylic acids is 1. The van der Waals surface area contributed by atoms with Crippen molar-refractivity contribution in [3.05, 3.63) is 29.6 Å². The number of ether oxygens (including phenoxy) is 1. The Morgan fingerprint density at radius 1 is 1.34 bits per heavy atom. The molecule has 1 aromatic heterocycles. The van der Waals surface area contributed by atoms with E-state index < -0.39 is 18.8 Å². The van der Waals surface area contributed by atoms with E-state index >= 15 is 0 Å². The van der Waals surface area contributed by atoms with Crippen LogP contribution in [-0.4, -0.2) is 73.0 Å². The second kappa shape index (κ2) is 7.68. The summed E-state index contributed by atoms with van der Waals surface area (Å²) in [6, 6.07) is 3.09. The Hall–Kier alpha value is -3.19. The quantitative estimate of drug-likeness (QED) is 0.523. The molecular weight excluding hydrogens is 385 g/mol. The molecule has 0 aliphatic carbocycles. The molecule has 2 N–H and O–H groups in total. The predicted molar refractivity (Wildman–Crippen MR) is 95.6 cm³/mol. The molecule has 12 nitrogen and oxygen atoms in total. The molecule has 2 aromatic rings. The number of likely N-dealkylation sites (tertiary alicyclic amines) is 1. The minimum Gasteiger partial charge on any atom is -0.669 e. The molecule has 0 radical (unpaired) electrons. The first-order chi connectivity index (χ1) is 13.3. The number of nitrogens with zero attached hydrogens (tertiary/aromatic N) is 5. The Bertz CT molecular complexity index is 915. The lowest BCUT2D eigenvalue weighted by molar-refractivity contribution is -0.255. The average Bonchev–Trinajstić information content (AvgIpc) is 3.08. The summed E-state index contributed by atoms with van der Waals surface area (Å²) in [4.78, 5) is 25.3. The first-order valence-corrected chi connectivity index (χ1v) is 8.64. The highest BCUT2D eigenvalue weighted by Gasteiger charge is 2.35. The third-order valence-corrected chi connectivity index (χ3v) is 4.68. The number of aryl methyl sites for hydroxylation is 1. The smallest absolute Gasteiger partial charge is 0.430 e. The number of carboxylic acids is 1. The van der Waals surface area contributed by atoms with Gasteiger partial charge in [0.2, 0.25) is 5.91 Å². The third kappa shape index (κ3) is 4.15. The Balaban J connectivity index is 0.00000240. The number of fused-ring (bicyclic) bond motifs is 1. The fraction of sp³-hybridized carbons (Fsp3) is 0.438. The van der Waals surface area contributed by atoms with Gasteiger partial charge in [-0.05, 0) is 28.5 Å². The summed E-state index contributed by atoms with van der Waals surface area (Å²) in [6.07, 6.45) is 1.14. The number of rotatable bonds is 5. The summed E-state index contributed by atoms with van der Waals surface area (Å²) in [5.74, 6) is -1.91. The van der Waals surface area contributed by atoms with E-state index in [1.165, 1.54) is 22.0 Å². The van der Waals surface area contributed by atoms with Gasteiger partial charge in [-0.2, -0.15) is 0 Å². The summed E-state index contributed by atoms with van der Waals surface area (Å²) in [7, 11) is 0. The van der Waals surface area contributed by atoms with Gasteiger partial charge in [-0.1, -0.05) is 19.8 Å². The molecule has 4 rings (SSSR count). The minimum atomic E-state index is -3.13. The molecule has 0 bridgehead atoms. The van der Waals surface area contributed by atoms with Gasteiger partial charge >= 0.3 is 6.75 Å². The van der Waals surface area contributed by atoms with Gasteiger partial charge in [0.15, 0.2) is 0 Å². The van der Waals surface area contributed by atoms with E-state index in [0.29, 0.717) is 5.56 Å². The van der Waals surface area contributed by atoms with Crippen LogP contribution in [0.1, 0.15) is 23.3 Å². The molecule has 13 heteroatoms. The van der Waals surface area contributed by atoms with Crippen LogP contribution in [0.4, 0.5) is 0 Å². The monoisotopic (exact) mass is 405 g/mol. The number of hydrogen-bond donors (Lipinski definition) is 2. The third-order valence-electron chi connectivity index (χ3n) is 4.68. The van der Waals surface area contributed by atoms with Gasteiger partial charge in [-0.25, -0.2) is 4.68 Å². The molecule has 0 saturated carbocycles. The summed E-state index contributed by atoms with van der Waals surface area (Å²) >= 11 is 0. The van der Waals surface area contributed by atoms with Crippen molar-refractivity contribution in [3.8, 4) is 11.5 Å². The van der Waals surface area contributed by atoms with Crippen LogP contribution in [0.25, 0.3) is 0 Å². The highest BCUT2D eigenvalue weighted by atomic mass is 16.6. The normalized spacial score (nSPS) is 17.4. The van der Waals surface area contributed by atoms with Crippen molar-refractivity contribution in [2.75, 3.05) is 13.1 Å². The number of aromatic nitrogens is 4. The van der Waals surface area contributed by atoms with Crippen molar-refractivity contribution < 1.29 is 34.1 Å². The van der Waals surface area contributed by atoms with Crippen molar-refractivity contribution in [2.45, 2.75) is 32.8 Å². The first-order valence-electron chi connectivity index (χ1n) is 8.64. The maximum atomic E-state index is 12.1. The van der Waals surface area contributed by atoms with Crippen molar-refractivity contribution in [1.29, 1.82) is 0 Å². The van der Waals surface area contributed by atoms with Crippen molar-refractivity contribution in [2.24, 2.45) is 0 Å². The Morgan fingerprint density at radius 2 is 2.10 bits per heavy atom. The lowest BCUT2D eigenvalue weighted by atomic mass is 9.70. The second-order valence-corrected chi connectivity index (χ2v) is 6.78. The molecule has 29 heavy (non-hydrogen) atoms. The molecule has 3 heterocycles. The van der Waals surface area contributed by atoms with E-state index in [1.807, 2.05) is 0 Å². The highest BCUT2D eigenvalue weighted by Crippen LogP contribution is 2.38. The van der Waals surface area contributed by atoms with E-state index in [-0.39, 0.29) is 62.8 Å². The number of tetrazole rings is 1. The van der Waals surface area contributed by atoms with E-state index in [4.69, 9.17) is 9.39 Å². The van der Waals surface area contributed by atoms with Crippen LogP contribution in [0.5, 0.6) is 11.5 Å². The summed E-state index contributed by atoms with van der Waals surface area (Å²) in [5.41, 5.74) is 0.157. The molecule has 0 atom stereocenters. The fourth-order valence-electron chi connectivity index (χ4n) is 3.21. The maximum Gasteiger partial charge on any atom is 0.430 e. The van der Waals surface area contributed by atoms with E-state index in [1.54, 1.807) is 6.07 Å². The number of amides is 1. The molecule has 2 aliphatic rings. The first kappa shape index (κ1) is 20.5. The van der Waals surface area contributed by atoms with Crippen LogP contribution in [-0.2, 0) is 17.8 Å². The Kier molecular flexibility index (Phi) is 5.44. The SMILES string of the molecule is C.O=C([O-])c1c(OC2CN(C(=O)Cn3cnnn3)C2)ccc2c1O[B-](O)(O)CC2.